The molecule has 8 heteroatoms. The molecule has 2 heterocycles. The van der Waals surface area contributed by atoms with Crippen LogP contribution in [0.5, 0.6) is 0 Å². The van der Waals surface area contributed by atoms with E-state index in [4.69, 9.17) is 32.1 Å². The number of aryl methyl sites for hydroxylation is 1. The van der Waals surface area contributed by atoms with Crippen LogP contribution in [-0.2, 0) is 0 Å². The van der Waals surface area contributed by atoms with Gasteiger partial charge in [-0.25, -0.2) is 0 Å². The van der Waals surface area contributed by atoms with Crippen molar-refractivity contribution in [1.29, 1.82) is 0 Å². The first-order valence-corrected chi connectivity index (χ1v) is 7.56. The van der Waals surface area contributed by atoms with E-state index in [9.17, 15) is 10.1 Å². The van der Waals surface area contributed by atoms with Crippen LogP contribution in [0, 0.1) is 17.0 Å². The summed E-state index contributed by atoms with van der Waals surface area (Å²) in [5.41, 5.74) is 0.701. The van der Waals surface area contributed by atoms with Crippen molar-refractivity contribution in [3.8, 4) is 11.3 Å². The molecule has 0 bridgehead atoms. The van der Waals surface area contributed by atoms with Crippen LogP contribution in [0.3, 0.4) is 0 Å². The highest BCUT2D eigenvalue weighted by Crippen LogP contribution is 2.34. The van der Waals surface area contributed by atoms with E-state index in [1.807, 2.05) is 0 Å². The summed E-state index contributed by atoms with van der Waals surface area (Å²) in [7, 11) is 0. The van der Waals surface area contributed by atoms with Gasteiger partial charge < -0.3 is 8.94 Å². The van der Waals surface area contributed by atoms with Gasteiger partial charge in [0.25, 0.3) is 0 Å². The molecule has 24 heavy (non-hydrogen) atoms. The van der Waals surface area contributed by atoms with Gasteiger partial charge in [-0.05, 0) is 43.3 Å². The van der Waals surface area contributed by atoms with Gasteiger partial charge in [0.15, 0.2) is 5.69 Å². The number of furan rings is 1. The van der Waals surface area contributed by atoms with Crippen molar-refractivity contribution in [1.82, 2.24) is 5.16 Å². The molecule has 0 fully saturated rings. The lowest BCUT2D eigenvalue weighted by molar-refractivity contribution is -0.386. The predicted molar refractivity (Wildman–Crippen MR) is 91.0 cm³/mol. The van der Waals surface area contributed by atoms with Crippen LogP contribution in [0.15, 0.2) is 39.3 Å². The Morgan fingerprint density at radius 2 is 2.00 bits per heavy atom. The van der Waals surface area contributed by atoms with E-state index in [2.05, 4.69) is 5.16 Å². The summed E-state index contributed by atoms with van der Waals surface area (Å²) in [5.74, 6) is 1.06. The lowest BCUT2D eigenvalue weighted by Crippen LogP contribution is -1.90. The van der Waals surface area contributed by atoms with Crippen LogP contribution < -0.4 is 0 Å². The second kappa shape index (κ2) is 6.51. The number of halogens is 2. The third kappa shape index (κ3) is 3.06. The minimum absolute atomic E-state index is 0.0521. The van der Waals surface area contributed by atoms with E-state index >= 15 is 0 Å². The monoisotopic (exact) mass is 364 g/mol. The van der Waals surface area contributed by atoms with Crippen molar-refractivity contribution >= 4 is 41.0 Å². The first kappa shape index (κ1) is 16.3. The van der Waals surface area contributed by atoms with Gasteiger partial charge in [0.2, 0.25) is 5.76 Å². The molecule has 0 N–H and O–H groups in total. The maximum Gasteiger partial charge on any atom is 0.338 e. The molecule has 0 unspecified atom stereocenters. The Labute approximate surface area is 146 Å². The molecule has 0 aliphatic heterocycles. The number of nitro groups is 1. The average molecular weight is 365 g/mol. The SMILES string of the molecule is Cc1noc(/C=C/c2ccc(-c3cccc(Cl)c3Cl)o2)c1[N+](=O)[O-]. The van der Waals surface area contributed by atoms with Gasteiger partial charge in [-0.1, -0.05) is 34.4 Å². The number of benzene rings is 1. The molecule has 0 aliphatic rings. The first-order valence-electron chi connectivity index (χ1n) is 6.80. The molecule has 0 atom stereocenters. The fourth-order valence-corrected chi connectivity index (χ4v) is 2.55. The number of nitrogens with zero attached hydrogens (tertiary/aromatic N) is 2. The zero-order valence-electron chi connectivity index (χ0n) is 12.3. The molecule has 3 rings (SSSR count). The largest absolute Gasteiger partial charge is 0.457 e. The molecule has 122 valence electrons. The zero-order chi connectivity index (χ0) is 17.3. The fourth-order valence-electron chi connectivity index (χ4n) is 2.15. The summed E-state index contributed by atoms with van der Waals surface area (Å²) in [6, 6.07) is 8.67. The molecule has 0 radical (unpaired) electrons. The van der Waals surface area contributed by atoms with Gasteiger partial charge in [0.1, 0.15) is 11.5 Å². The molecular formula is C16H10Cl2N2O4. The van der Waals surface area contributed by atoms with Gasteiger partial charge in [0, 0.05) is 5.56 Å². The Bertz CT molecular complexity index is 943. The number of hydrogen-bond acceptors (Lipinski definition) is 5. The number of rotatable bonds is 4. The van der Waals surface area contributed by atoms with E-state index in [1.54, 1.807) is 36.4 Å². The second-order valence-corrected chi connectivity index (χ2v) is 5.66. The Morgan fingerprint density at radius 1 is 1.21 bits per heavy atom. The molecular weight excluding hydrogens is 355 g/mol. The summed E-state index contributed by atoms with van der Waals surface area (Å²) in [6.45, 7) is 1.51. The van der Waals surface area contributed by atoms with Crippen LogP contribution in [0.2, 0.25) is 10.0 Å². The molecule has 3 aromatic rings. The lowest BCUT2D eigenvalue weighted by Gasteiger charge is -2.01. The van der Waals surface area contributed by atoms with Crippen LogP contribution >= 0.6 is 23.2 Å². The Balaban J connectivity index is 1.90. The van der Waals surface area contributed by atoms with Gasteiger partial charge in [-0.15, -0.1) is 0 Å². The van der Waals surface area contributed by atoms with Crippen molar-refractivity contribution in [3.63, 3.8) is 0 Å². The van der Waals surface area contributed by atoms with Crippen LogP contribution in [0.25, 0.3) is 23.5 Å². The van der Waals surface area contributed by atoms with Gasteiger partial charge in [-0.2, -0.15) is 0 Å². The topological polar surface area (TPSA) is 82.3 Å². The number of hydrogen-bond donors (Lipinski definition) is 0. The molecule has 0 saturated carbocycles. The maximum absolute atomic E-state index is 11.0. The molecule has 6 nitrogen and oxygen atoms in total. The van der Waals surface area contributed by atoms with Crippen LogP contribution in [0.1, 0.15) is 17.2 Å². The summed E-state index contributed by atoms with van der Waals surface area (Å²) in [5, 5.41) is 15.4. The predicted octanol–water partition coefficient (Wildman–Crippen LogP) is 5.63. The Morgan fingerprint density at radius 3 is 2.75 bits per heavy atom. The Hall–Kier alpha value is -2.57. The highest BCUT2D eigenvalue weighted by atomic mass is 35.5. The van der Waals surface area contributed by atoms with E-state index in [0.717, 1.165) is 0 Å². The van der Waals surface area contributed by atoms with E-state index in [0.29, 0.717) is 27.1 Å². The summed E-state index contributed by atoms with van der Waals surface area (Å²) < 4.78 is 10.6. The molecule has 2 aromatic heterocycles. The standard InChI is InChI=1S/C16H10Cl2N2O4/c1-9-16(20(21)22)14(24-19-9)8-6-10-5-7-13(23-10)11-3-2-4-12(17)15(11)18/h2-8H,1H3/b8-6+. The average Bonchev–Trinajstić information content (AvgIpc) is 3.14. The molecule has 0 saturated heterocycles. The highest BCUT2D eigenvalue weighted by molar-refractivity contribution is 6.43. The summed E-state index contributed by atoms with van der Waals surface area (Å²) >= 11 is 12.2. The van der Waals surface area contributed by atoms with E-state index in [-0.39, 0.29) is 17.1 Å². The Kier molecular flexibility index (Phi) is 4.42. The van der Waals surface area contributed by atoms with Crippen molar-refractivity contribution in [2.75, 3.05) is 0 Å². The third-order valence-electron chi connectivity index (χ3n) is 3.28. The number of aromatic nitrogens is 1. The van der Waals surface area contributed by atoms with Gasteiger partial charge in [0.05, 0.1) is 15.0 Å². The summed E-state index contributed by atoms with van der Waals surface area (Å²) in [6.07, 6.45) is 2.98. The lowest BCUT2D eigenvalue weighted by atomic mass is 10.2. The van der Waals surface area contributed by atoms with Crippen molar-refractivity contribution in [3.05, 3.63) is 67.7 Å². The van der Waals surface area contributed by atoms with Gasteiger partial charge in [-0.3, -0.25) is 10.1 Å². The molecule has 0 amide bonds. The maximum atomic E-state index is 11.0. The van der Waals surface area contributed by atoms with Crippen molar-refractivity contribution in [2.45, 2.75) is 6.92 Å². The smallest absolute Gasteiger partial charge is 0.338 e. The quantitative estimate of drug-likeness (QED) is 0.442. The first-order chi connectivity index (χ1) is 11.5. The normalized spacial score (nSPS) is 11.3. The third-order valence-corrected chi connectivity index (χ3v) is 4.10. The van der Waals surface area contributed by atoms with E-state index in [1.165, 1.54) is 13.0 Å². The van der Waals surface area contributed by atoms with Crippen molar-refractivity contribution in [2.24, 2.45) is 0 Å². The van der Waals surface area contributed by atoms with E-state index < -0.39 is 4.92 Å². The highest BCUT2D eigenvalue weighted by Gasteiger charge is 2.22. The fraction of sp³-hybridized carbons (Fsp3) is 0.0625. The second-order valence-electron chi connectivity index (χ2n) is 4.87. The van der Waals surface area contributed by atoms with Crippen LogP contribution in [-0.4, -0.2) is 10.1 Å². The molecule has 0 spiro atoms. The minimum Gasteiger partial charge on any atom is -0.457 e. The van der Waals surface area contributed by atoms with Crippen molar-refractivity contribution < 1.29 is 13.9 Å². The minimum atomic E-state index is -0.537. The molecule has 1 aromatic carbocycles. The van der Waals surface area contributed by atoms with Gasteiger partial charge >= 0.3 is 5.69 Å². The van der Waals surface area contributed by atoms with Crippen LogP contribution in [0.4, 0.5) is 5.69 Å². The summed E-state index contributed by atoms with van der Waals surface area (Å²) in [4.78, 5) is 10.5. The molecule has 0 aliphatic carbocycles. The zero-order valence-corrected chi connectivity index (χ0v) is 13.8.